The molecule has 0 aliphatic heterocycles. The van der Waals surface area contributed by atoms with Crippen molar-refractivity contribution < 1.29 is 24.6 Å². The van der Waals surface area contributed by atoms with Crippen molar-refractivity contribution in [1.82, 2.24) is 9.97 Å². The standard InChI is InChI=1S/C5H7N3O2.Zn/c6-4-3(2-9)1-7-5(10)8-4;/h1,9H,2H2,(H3,6,7,8,10);. The van der Waals surface area contributed by atoms with Crippen LogP contribution in [0.25, 0.3) is 0 Å². The summed E-state index contributed by atoms with van der Waals surface area (Å²) in [7, 11) is 0. The minimum Gasteiger partial charge on any atom is -0.391 e. The molecule has 0 aliphatic carbocycles. The van der Waals surface area contributed by atoms with E-state index in [0.29, 0.717) is 5.56 Å². The summed E-state index contributed by atoms with van der Waals surface area (Å²) in [6.45, 7) is -0.213. The predicted molar refractivity (Wildman–Crippen MR) is 35.2 cm³/mol. The first-order chi connectivity index (χ1) is 4.74. The third kappa shape index (κ3) is 2.40. The minimum absolute atomic E-state index is 0. The molecule has 1 rings (SSSR count). The van der Waals surface area contributed by atoms with Crippen molar-refractivity contribution in [3.63, 3.8) is 0 Å². The molecule has 5 nitrogen and oxygen atoms in total. The third-order valence-corrected chi connectivity index (χ3v) is 1.09. The van der Waals surface area contributed by atoms with Crippen LogP contribution in [0.3, 0.4) is 0 Å². The van der Waals surface area contributed by atoms with Crippen LogP contribution in [0.15, 0.2) is 11.0 Å². The number of nitrogens with two attached hydrogens (primary N) is 1. The number of H-pyrrole nitrogens is 1. The van der Waals surface area contributed by atoms with Crippen LogP contribution in [0, 0.1) is 0 Å². The molecular weight excluding hydrogens is 199 g/mol. The van der Waals surface area contributed by atoms with Gasteiger partial charge in [-0.1, -0.05) is 0 Å². The molecule has 6 heteroatoms. The molecule has 11 heavy (non-hydrogen) atoms. The van der Waals surface area contributed by atoms with Gasteiger partial charge in [0, 0.05) is 31.2 Å². The summed E-state index contributed by atoms with van der Waals surface area (Å²) in [5, 5.41) is 8.57. The van der Waals surface area contributed by atoms with Crippen molar-refractivity contribution in [3.8, 4) is 0 Å². The van der Waals surface area contributed by atoms with Gasteiger partial charge in [-0.2, -0.15) is 4.98 Å². The van der Waals surface area contributed by atoms with E-state index < -0.39 is 5.69 Å². The molecule has 56 valence electrons. The molecule has 0 atom stereocenters. The van der Waals surface area contributed by atoms with Crippen LogP contribution < -0.4 is 11.4 Å². The van der Waals surface area contributed by atoms with Gasteiger partial charge in [0.2, 0.25) is 0 Å². The number of aliphatic hydroxyl groups is 1. The van der Waals surface area contributed by atoms with E-state index >= 15 is 0 Å². The van der Waals surface area contributed by atoms with Crippen LogP contribution in [-0.2, 0) is 26.1 Å². The summed E-state index contributed by atoms with van der Waals surface area (Å²) in [4.78, 5) is 16.1. The van der Waals surface area contributed by atoms with E-state index in [1.54, 1.807) is 0 Å². The van der Waals surface area contributed by atoms with Gasteiger partial charge in [0.15, 0.2) is 0 Å². The molecule has 0 aromatic carbocycles. The second-order valence-corrected chi connectivity index (χ2v) is 1.77. The van der Waals surface area contributed by atoms with E-state index in [1.807, 2.05) is 0 Å². The Labute approximate surface area is 75.4 Å². The zero-order valence-corrected chi connectivity index (χ0v) is 8.84. The smallest absolute Gasteiger partial charge is 0.346 e. The first kappa shape index (κ1) is 10.3. The molecular formula is C5H7N3O2Zn. The van der Waals surface area contributed by atoms with Crippen molar-refractivity contribution in [1.29, 1.82) is 0 Å². The summed E-state index contributed by atoms with van der Waals surface area (Å²) >= 11 is 0. The Bertz CT molecular complexity index is 285. The molecule has 0 saturated carbocycles. The van der Waals surface area contributed by atoms with Crippen molar-refractivity contribution in [2.45, 2.75) is 6.61 Å². The van der Waals surface area contributed by atoms with Gasteiger partial charge >= 0.3 is 5.69 Å². The molecule has 0 bridgehead atoms. The maximum absolute atomic E-state index is 10.4. The fraction of sp³-hybridized carbons (Fsp3) is 0.200. The largest absolute Gasteiger partial charge is 0.391 e. The number of aromatic nitrogens is 2. The Balaban J connectivity index is 0.000001000. The SMILES string of the molecule is Nc1nc(=O)[nH]cc1CO.[Zn]. The van der Waals surface area contributed by atoms with E-state index in [1.165, 1.54) is 6.20 Å². The van der Waals surface area contributed by atoms with Crippen molar-refractivity contribution in [2.24, 2.45) is 0 Å². The van der Waals surface area contributed by atoms with Crippen LogP contribution in [0.2, 0.25) is 0 Å². The number of rotatable bonds is 1. The number of anilines is 1. The summed E-state index contributed by atoms with van der Waals surface area (Å²) in [6, 6.07) is 0. The predicted octanol–water partition coefficient (Wildman–Crippen LogP) is -1.16. The molecule has 1 aromatic heterocycles. The maximum Gasteiger partial charge on any atom is 0.346 e. The number of nitrogen functional groups attached to an aromatic ring is 1. The van der Waals surface area contributed by atoms with E-state index in [-0.39, 0.29) is 31.9 Å². The Morgan fingerprint density at radius 3 is 2.82 bits per heavy atom. The zero-order chi connectivity index (χ0) is 7.56. The monoisotopic (exact) mass is 205 g/mol. The summed E-state index contributed by atoms with van der Waals surface area (Å²) < 4.78 is 0. The number of hydrogen-bond donors (Lipinski definition) is 3. The van der Waals surface area contributed by atoms with Gasteiger partial charge in [-0.05, 0) is 0 Å². The fourth-order valence-electron chi connectivity index (χ4n) is 0.563. The summed E-state index contributed by atoms with van der Waals surface area (Å²) in [6.07, 6.45) is 1.34. The summed E-state index contributed by atoms with van der Waals surface area (Å²) in [5.41, 5.74) is 5.17. The quantitative estimate of drug-likeness (QED) is 0.506. The summed E-state index contributed by atoms with van der Waals surface area (Å²) in [5.74, 6) is 0.0752. The Morgan fingerprint density at radius 2 is 2.36 bits per heavy atom. The molecule has 0 amide bonds. The van der Waals surface area contributed by atoms with Crippen molar-refractivity contribution in [3.05, 3.63) is 22.2 Å². The molecule has 0 saturated heterocycles. The average Bonchev–Trinajstić information content (AvgIpc) is 1.88. The van der Waals surface area contributed by atoms with Gasteiger partial charge < -0.3 is 15.8 Å². The number of nitrogens with one attached hydrogen (secondary N) is 1. The number of aromatic amines is 1. The topological polar surface area (TPSA) is 92.0 Å². The van der Waals surface area contributed by atoms with Gasteiger partial charge in [0.05, 0.1) is 6.61 Å². The van der Waals surface area contributed by atoms with E-state index in [9.17, 15) is 4.79 Å². The van der Waals surface area contributed by atoms with Gasteiger partial charge in [-0.3, -0.25) is 0 Å². The normalized spacial score (nSPS) is 8.82. The molecule has 0 fully saturated rings. The van der Waals surface area contributed by atoms with Gasteiger partial charge in [-0.25, -0.2) is 4.79 Å². The fourth-order valence-corrected chi connectivity index (χ4v) is 0.563. The number of hydrogen-bond acceptors (Lipinski definition) is 4. The first-order valence-corrected chi connectivity index (χ1v) is 2.69. The third-order valence-electron chi connectivity index (χ3n) is 1.09. The minimum atomic E-state index is -0.505. The van der Waals surface area contributed by atoms with Crippen LogP contribution in [0.1, 0.15) is 5.56 Å². The average molecular weight is 207 g/mol. The van der Waals surface area contributed by atoms with Gasteiger partial charge in [-0.15, -0.1) is 0 Å². The zero-order valence-electron chi connectivity index (χ0n) is 5.87. The van der Waals surface area contributed by atoms with Gasteiger partial charge in [0.1, 0.15) is 5.82 Å². The van der Waals surface area contributed by atoms with Crippen LogP contribution >= 0.6 is 0 Å². The second-order valence-electron chi connectivity index (χ2n) is 1.77. The molecule has 0 unspecified atom stereocenters. The van der Waals surface area contributed by atoms with E-state index in [2.05, 4.69) is 9.97 Å². The number of aliphatic hydroxyl groups excluding tert-OH is 1. The maximum atomic E-state index is 10.4. The van der Waals surface area contributed by atoms with Crippen molar-refractivity contribution in [2.75, 3.05) is 5.73 Å². The van der Waals surface area contributed by atoms with Gasteiger partial charge in [0.25, 0.3) is 0 Å². The molecule has 1 aromatic rings. The van der Waals surface area contributed by atoms with Crippen LogP contribution in [0.5, 0.6) is 0 Å². The van der Waals surface area contributed by atoms with E-state index in [4.69, 9.17) is 10.8 Å². The van der Waals surface area contributed by atoms with E-state index in [0.717, 1.165) is 0 Å². The molecule has 0 radical (unpaired) electrons. The van der Waals surface area contributed by atoms with Crippen LogP contribution in [-0.4, -0.2) is 15.1 Å². The molecule has 0 spiro atoms. The Kier molecular flexibility index (Phi) is 3.92. The molecule has 0 aliphatic rings. The van der Waals surface area contributed by atoms with Crippen LogP contribution in [0.4, 0.5) is 5.82 Å². The Hall–Kier alpha value is -0.737. The first-order valence-electron chi connectivity index (χ1n) is 2.69. The molecule has 1 heterocycles. The molecule has 4 N–H and O–H groups in total. The Morgan fingerprint density at radius 1 is 1.73 bits per heavy atom. The second kappa shape index (κ2) is 4.21. The number of nitrogens with zero attached hydrogens (tertiary/aromatic N) is 1. The van der Waals surface area contributed by atoms with Crippen molar-refractivity contribution >= 4 is 5.82 Å².